The fourth-order valence-electron chi connectivity index (χ4n) is 1.40. The van der Waals surface area contributed by atoms with E-state index in [0.717, 1.165) is 0 Å². The summed E-state index contributed by atoms with van der Waals surface area (Å²) in [6.07, 6.45) is 0. The summed E-state index contributed by atoms with van der Waals surface area (Å²) < 4.78 is 22.5. The Morgan fingerprint density at radius 1 is 1.33 bits per heavy atom. The van der Waals surface area contributed by atoms with Crippen molar-refractivity contribution in [1.29, 1.82) is 0 Å². The van der Waals surface area contributed by atoms with Gasteiger partial charge in [0.05, 0.1) is 12.4 Å². The Morgan fingerprint density at radius 3 is 2.47 bits per heavy atom. The molecule has 0 unspecified atom stereocenters. The van der Waals surface area contributed by atoms with Crippen molar-refractivity contribution in [3.63, 3.8) is 0 Å². The largest absolute Gasteiger partial charge is 0.395 e. The SMILES string of the molecule is O=C(CS(=O)(=O)CCO)N1CCNCC1. The van der Waals surface area contributed by atoms with Gasteiger partial charge in [-0.1, -0.05) is 0 Å². The van der Waals surface area contributed by atoms with E-state index < -0.39 is 22.2 Å². The van der Waals surface area contributed by atoms with E-state index >= 15 is 0 Å². The minimum absolute atomic E-state index is 0.342. The molecule has 6 nitrogen and oxygen atoms in total. The molecule has 88 valence electrons. The van der Waals surface area contributed by atoms with E-state index in [-0.39, 0.29) is 11.7 Å². The molecule has 1 saturated heterocycles. The minimum Gasteiger partial charge on any atom is -0.395 e. The number of hydrogen-bond donors (Lipinski definition) is 2. The summed E-state index contributed by atoms with van der Waals surface area (Å²) in [5.41, 5.74) is 0. The minimum atomic E-state index is -3.44. The maximum absolute atomic E-state index is 11.5. The molecule has 1 amide bonds. The maximum atomic E-state index is 11.5. The quantitative estimate of drug-likeness (QED) is 0.580. The summed E-state index contributed by atoms with van der Waals surface area (Å²) >= 11 is 0. The van der Waals surface area contributed by atoms with Gasteiger partial charge in [-0.2, -0.15) is 0 Å². The molecule has 1 fully saturated rings. The zero-order valence-electron chi connectivity index (χ0n) is 8.48. The fraction of sp³-hybridized carbons (Fsp3) is 0.875. The molecule has 0 aromatic heterocycles. The molecular formula is C8H16N2O4S. The maximum Gasteiger partial charge on any atom is 0.237 e. The predicted molar refractivity (Wildman–Crippen MR) is 55.2 cm³/mol. The lowest BCUT2D eigenvalue weighted by atomic mass is 10.3. The van der Waals surface area contributed by atoms with Crippen LogP contribution < -0.4 is 5.32 Å². The zero-order valence-corrected chi connectivity index (χ0v) is 9.29. The van der Waals surface area contributed by atoms with Crippen LogP contribution in [0.25, 0.3) is 0 Å². The standard InChI is InChI=1S/C8H16N2O4S/c11-5-6-15(13,14)7-8(12)10-3-1-9-2-4-10/h9,11H,1-7H2. The van der Waals surface area contributed by atoms with Gasteiger partial charge in [0.25, 0.3) is 0 Å². The van der Waals surface area contributed by atoms with E-state index in [1.807, 2.05) is 0 Å². The van der Waals surface area contributed by atoms with Crippen molar-refractivity contribution < 1.29 is 18.3 Å². The lowest BCUT2D eigenvalue weighted by Crippen LogP contribution is -2.48. The lowest BCUT2D eigenvalue weighted by Gasteiger charge is -2.27. The molecule has 1 aliphatic heterocycles. The summed E-state index contributed by atoms with van der Waals surface area (Å²) in [4.78, 5) is 13.1. The second-order valence-corrected chi connectivity index (χ2v) is 5.63. The second kappa shape index (κ2) is 5.43. The first kappa shape index (κ1) is 12.4. The highest BCUT2D eigenvalue weighted by molar-refractivity contribution is 7.92. The third kappa shape index (κ3) is 4.15. The second-order valence-electron chi connectivity index (χ2n) is 3.45. The Hall–Kier alpha value is -0.660. The molecule has 0 aliphatic carbocycles. The van der Waals surface area contributed by atoms with Crippen molar-refractivity contribution in [2.24, 2.45) is 0 Å². The highest BCUT2D eigenvalue weighted by Gasteiger charge is 2.22. The van der Waals surface area contributed by atoms with E-state index in [4.69, 9.17) is 5.11 Å². The summed E-state index contributed by atoms with van der Waals surface area (Å²) in [6.45, 7) is 2.07. The summed E-state index contributed by atoms with van der Waals surface area (Å²) in [7, 11) is -3.44. The Bertz CT molecular complexity index is 309. The van der Waals surface area contributed by atoms with Crippen LogP contribution in [0.3, 0.4) is 0 Å². The van der Waals surface area contributed by atoms with Gasteiger partial charge in [-0.25, -0.2) is 8.42 Å². The Labute approximate surface area is 89.2 Å². The van der Waals surface area contributed by atoms with Gasteiger partial charge in [0.15, 0.2) is 9.84 Å². The topological polar surface area (TPSA) is 86.7 Å². The molecule has 0 saturated carbocycles. The molecule has 0 spiro atoms. The number of nitrogens with zero attached hydrogens (tertiary/aromatic N) is 1. The first-order chi connectivity index (χ1) is 7.05. The molecule has 2 N–H and O–H groups in total. The van der Waals surface area contributed by atoms with Crippen LogP contribution in [-0.4, -0.2) is 68.6 Å². The van der Waals surface area contributed by atoms with E-state index in [9.17, 15) is 13.2 Å². The molecule has 1 aliphatic rings. The molecule has 0 bridgehead atoms. The lowest BCUT2D eigenvalue weighted by molar-refractivity contribution is -0.128. The van der Waals surface area contributed by atoms with Crippen molar-refractivity contribution >= 4 is 15.7 Å². The molecule has 0 atom stereocenters. The number of carbonyl (C=O) groups excluding carboxylic acids is 1. The van der Waals surface area contributed by atoms with E-state index in [1.54, 1.807) is 0 Å². The molecule has 0 radical (unpaired) electrons. The van der Waals surface area contributed by atoms with Crippen molar-refractivity contribution in [3.05, 3.63) is 0 Å². The van der Waals surface area contributed by atoms with Crippen LogP contribution in [0.2, 0.25) is 0 Å². The molecule has 1 heterocycles. The van der Waals surface area contributed by atoms with Crippen molar-refractivity contribution in [2.75, 3.05) is 44.3 Å². The number of aliphatic hydroxyl groups excluding tert-OH is 1. The number of piperazine rings is 1. The first-order valence-electron chi connectivity index (χ1n) is 4.85. The number of aliphatic hydroxyl groups is 1. The van der Waals surface area contributed by atoms with Crippen LogP contribution in [0.15, 0.2) is 0 Å². The van der Waals surface area contributed by atoms with Gasteiger partial charge in [-0.3, -0.25) is 4.79 Å². The number of hydrogen-bond acceptors (Lipinski definition) is 5. The van der Waals surface area contributed by atoms with Crippen LogP contribution in [0.4, 0.5) is 0 Å². The van der Waals surface area contributed by atoms with Gasteiger partial charge in [-0.05, 0) is 0 Å². The Balaban J connectivity index is 2.47. The van der Waals surface area contributed by atoms with Gasteiger partial charge in [-0.15, -0.1) is 0 Å². The van der Waals surface area contributed by atoms with Crippen molar-refractivity contribution in [1.82, 2.24) is 10.2 Å². The number of amides is 1. The van der Waals surface area contributed by atoms with Gasteiger partial charge < -0.3 is 15.3 Å². The van der Waals surface area contributed by atoms with Crippen molar-refractivity contribution in [3.8, 4) is 0 Å². The molecule has 1 rings (SSSR count). The normalized spacial score (nSPS) is 17.8. The van der Waals surface area contributed by atoms with Gasteiger partial charge in [0.2, 0.25) is 5.91 Å². The van der Waals surface area contributed by atoms with Gasteiger partial charge >= 0.3 is 0 Å². The number of carbonyl (C=O) groups is 1. The predicted octanol–water partition coefficient (Wildman–Crippen LogP) is -2.17. The number of sulfone groups is 1. The highest BCUT2D eigenvalue weighted by atomic mass is 32.2. The highest BCUT2D eigenvalue weighted by Crippen LogP contribution is 1.98. The monoisotopic (exact) mass is 236 g/mol. The average molecular weight is 236 g/mol. The Morgan fingerprint density at radius 2 is 1.93 bits per heavy atom. The molecule has 0 aromatic carbocycles. The van der Waals surface area contributed by atoms with Crippen LogP contribution in [0.1, 0.15) is 0 Å². The van der Waals surface area contributed by atoms with Crippen molar-refractivity contribution in [2.45, 2.75) is 0 Å². The van der Waals surface area contributed by atoms with E-state index in [2.05, 4.69) is 5.32 Å². The van der Waals surface area contributed by atoms with Gasteiger partial charge in [0, 0.05) is 26.2 Å². The summed E-state index contributed by atoms with van der Waals surface area (Å²) in [5, 5.41) is 11.6. The van der Waals surface area contributed by atoms with Gasteiger partial charge in [0.1, 0.15) is 5.75 Å². The fourth-order valence-corrected chi connectivity index (χ4v) is 2.39. The third-order valence-electron chi connectivity index (χ3n) is 2.22. The zero-order chi connectivity index (χ0) is 11.3. The molecule has 7 heteroatoms. The molecule has 0 aromatic rings. The molecule has 15 heavy (non-hydrogen) atoms. The smallest absolute Gasteiger partial charge is 0.237 e. The molecular weight excluding hydrogens is 220 g/mol. The van der Waals surface area contributed by atoms with Crippen LogP contribution >= 0.6 is 0 Å². The average Bonchev–Trinajstić information content (AvgIpc) is 2.18. The van der Waals surface area contributed by atoms with Crippen LogP contribution in [0.5, 0.6) is 0 Å². The first-order valence-corrected chi connectivity index (χ1v) is 6.67. The van der Waals surface area contributed by atoms with E-state index in [0.29, 0.717) is 26.2 Å². The number of rotatable bonds is 4. The summed E-state index contributed by atoms with van der Waals surface area (Å²) in [6, 6.07) is 0. The summed E-state index contributed by atoms with van der Waals surface area (Å²) in [5.74, 6) is -1.21. The number of nitrogens with one attached hydrogen (secondary N) is 1. The van der Waals surface area contributed by atoms with Crippen LogP contribution in [0, 0.1) is 0 Å². The van der Waals surface area contributed by atoms with Crippen LogP contribution in [-0.2, 0) is 14.6 Å². The Kier molecular flexibility index (Phi) is 4.49. The van der Waals surface area contributed by atoms with E-state index in [1.165, 1.54) is 4.90 Å². The third-order valence-corrected chi connectivity index (χ3v) is 3.71.